The Labute approximate surface area is 73.2 Å². The zero-order chi connectivity index (χ0) is 8.97. The minimum absolute atomic E-state index is 0.786. The average molecular weight is 168 g/mol. The number of hydrogen-bond donors (Lipinski definition) is 1. The van der Waals surface area contributed by atoms with Gasteiger partial charge < -0.3 is 4.57 Å². The van der Waals surface area contributed by atoms with Crippen LogP contribution in [0, 0.1) is 0 Å². The number of imidazole rings is 1. The van der Waals surface area contributed by atoms with Gasteiger partial charge in [-0.25, -0.2) is 10.4 Å². The molecule has 1 heterocycles. The lowest BCUT2D eigenvalue weighted by atomic mass is 10.5. The van der Waals surface area contributed by atoms with Gasteiger partial charge in [0.15, 0.2) is 0 Å². The van der Waals surface area contributed by atoms with E-state index in [1.165, 1.54) is 0 Å². The normalized spacial score (nSPS) is 11.0. The monoisotopic (exact) mass is 168 g/mol. The van der Waals surface area contributed by atoms with Gasteiger partial charge in [0.25, 0.3) is 0 Å². The number of rotatable bonds is 4. The lowest BCUT2D eigenvalue weighted by Crippen LogP contribution is -2.30. The van der Waals surface area contributed by atoms with Crippen molar-refractivity contribution < 1.29 is 0 Å². The third-order valence-electron chi connectivity index (χ3n) is 1.70. The minimum Gasteiger partial charge on any atom is -0.334 e. The van der Waals surface area contributed by atoms with Crippen LogP contribution in [-0.2, 0) is 13.1 Å². The van der Waals surface area contributed by atoms with Crippen molar-refractivity contribution in [3.8, 4) is 0 Å². The summed E-state index contributed by atoms with van der Waals surface area (Å²) in [6, 6.07) is 0. The number of aryl methyl sites for hydroxylation is 1. The van der Waals surface area contributed by atoms with E-state index in [-0.39, 0.29) is 0 Å². The molecule has 4 heteroatoms. The highest BCUT2D eigenvalue weighted by atomic mass is 15.5. The second-order valence-electron chi connectivity index (χ2n) is 2.86. The third kappa shape index (κ3) is 2.32. The smallest absolute Gasteiger partial charge is 0.124 e. The van der Waals surface area contributed by atoms with Gasteiger partial charge in [0, 0.05) is 33.0 Å². The molecule has 1 aromatic heterocycles. The molecule has 0 saturated heterocycles. The van der Waals surface area contributed by atoms with Crippen LogP contribution in [0.3, 0.4) is 0 Å². The lowest BCUT2D eigenvalue weighted by molar-refractivity contribution is 0.280. The van der Waals surface area contributed by atoms with Crippen molar-refractivity contribution in [1.82, 2.24) is 20.0 Å². The Morgan fingerprint density at radius 3 is 2.92 bits per heavy atom. The molecule has 0 atom stereocenters. The SMILES string of the molecule is CCn1ccnc1CNN(C)C. The summed E-state index contributed by atoms with van der Waals surface area (Å²) in [7, 11) is 3.94. The van der Waals surface area contributed by atoms with Gasteiger partial charge in [-0.15, -0.1) is 0 Å². The fraction of sp³-hybridized carbons (Fsp3) is 0.625. The van der Waals surface area contributed by atoms with Gasteiger partial charge in [0.1, 0.15) is 5.82 Å². The van der Waals surface area contributed by atoms with Crippen LogP contribution in [-0.4, -0.2) is 28.7 Å². The van der Waals surface area contributed by atoms with E-state index in [0.717, 1.165) is 18.9 Å². The summed E-state index contributed by atoms with van der Waals surface area (Å²) < 4.78 is 2.12. The molecule has 0 unspecified atom stereocenters. The number of hydrazine groups is 1. The Balaban J connectivity index is 2.50. The van der Waals surface area contributed by atoms with E-state index < -0.39 is 0 Å². The molecule has 0 aliphatic carbocycles. The average Bonchev–Trinajstić information content (AvgIpc) is 2.47. The van der Waals surface area contributed by atoms with Crippen LogP contribution in [0.1, 0.15) is 12.7 Å². The summed E-state index contributed by atoms with van der Waals surface area (Å²) in [6.45, 7) is 3.87. The Morgan fingerprint density at radius 2 is 2.33 bits per heavy atom. The third-order valence-corrected chi connectivity index (χ3v) is 1.70. The first-order chi connectivity index (χ1) is 5.74. The van der Waals surface area contributed by atoms with Crippen molar-refractivity contribution >= 4 is 0 Å². The predicted octanol–water partition coefficient (Wildman–Crippen LogP) is 0.469. The fourth-order valence-electron chi connectivity index (χ4n) is 1.02. The molecule has 1 N–H and O–H groups in total. The van der Waals surface area contributed by atoms with Crippen molar-refractivity contribution in [2.45, 2.75) is 20.0 Å². The van der Waals surface area contributed by atoms with E-state index in [9.17, 15) is 0 Å². The maximum absolute atomic E-state index is 4.23. The Morgan fingerprint density at radius 1 is 1.58 bits per heavy atom. The van der Waals surface area contributed by atoms with Crippen LogP contribution in [0.5, 0.6) is 0 Å². The quantitative estimate of drug-likeness (QED) is 0.663. The molecule has 1 aromatic rings. The molecule has 12 heavy (non-hydrogen) atoms. The summed E-state index contributed by atoms with van der Waals surface area (Å²) in [5, 5.41) is 1.93. The van der Waals surface area contributed by atoms with E-state index in [0.29, 0.717) is 0 Å². The number of nitrogens with zero attached hydrogens (tertiary/aromatic N) is 3. The van der Waals surface area contributed by atoms with Gasteiger partial charge in [-0.2, -0.15) is 0 Å². The molecule has 0 aromatic carbocycles. The molecule has 0 fully saturated rings. The number of aromatic nitrogens is 2. The maximum Gasteiger partial charge on any atom is 0.124 e. The van der Waals surface area contributed by atoms with Crippen LogP contribution in [0.25, 0.3) is 0 Å². The van der Waals surface area contributed by atoms with Crippen LogP contribution in [0.2, 0.25) is 0 Å². The van der Waals surface area contributed by atoms with Gasteiger partial charge in [0.2, 0.25) is 0 Å². The van der Waals surface area contributed by atoms with Crippen LogP contribution in [0.4, 0.5) is 0 Å². The maximum atomic E-state index is 4.23. The van der Waals surface area contributed by atoms with Gasteiger partial charge in [-0.05, 0) is 6.92 Å². The minimum atomic E-state index is 0.786. The molecule has 68 valence electrons. The molecular formula is C8H16N4. The second-order valence-corrected chi connectivity index (χ2v) is 2.86. The molecule has 0 bridgehead atoms. The van der Waals surface area contributed by atoms with Crippen molar-refractivity contribution in [1.29, 1.82) is 0 Å². The summed E-state index contributed by atoms with van der Waals surface area (Å²) in [4.78, 5) is 4.23. The molecule has 4 nitrogen and oxygen atoms in total. The Bertz CT molecular complexity index is 229. The largest absolute Gasteiger partial charge is 0.334 e. The molecule has 0 aliphatic rings. The van der Waals surface area contributed by atoms with Crippen molar-refractivity contribution in [3.05, 3.63) is 18.2 Å². The second kappa shape index (κ2) is 4.23. The van der Waals surface area contributed by atoms with Crippen LogP contribution < -0.4 is 5.43 Å². The summed E-state index contributed by atoms with van der Waals surface area (Å²) in [6.07, 6.45) is 3.82. The van der Waals surface area contributed by atoms with E-state index in [2.05, 4.69) is 21.9 Å². The molecule has 0 aliphatic heterocycles. The summed E-state index contributed by atoms with van der Waals surface area (Å²) in [5.41, 5.74) is 3.17. The van der Waals surface area contributed by atoms with E-state index in [1.807, 2.05) is 31.5 Å². The molecular weight excluding hydrogens is 152 g/mol. The predicted molar refractivity (Wildman–Crippen MR) is 48.4 cm³/mol. The zero-order valence-electron chi connectivity index (χ0n) is 7.91. The highest BCUT2D eigenvalue weighted by Gasteiger charge is 1.99. The zero-order valence-corrected chi connectivity index (χ0v) is 7.91. The van der Waals surface area contributed by atoms with Gasteiger partial charge in [-0.1, -0.05) is 0 Å². The molecule has 0 radical (unpaired) electrons. The molecule has 0 spiro atoms. The van der Waals surface area contributed by atoms with Gasteiger partial charge in [0.05, 0.1) is 6.54 Å². The van der Waals surface area contributed by atoms with E-state index in [4.69, 9.17) is 0 Å². The van der Waals surface area contributed by atoms with Crippen molar-refractivity contribution in [3.63, 3.8) is 0 Å². The number of nitrogens with one attached hydrogen (secondary N) is 1. The summed E-state index contributed by atoms with van der Waals surface area (Å²) >= 11 is 0. The van der Waals surface area contributed by atoms with Crippen molar-refractivity contribution in [2.24, 2.45) is 0 Å². The highest BCUT2D eigenvalue weighted by molar-refractivity contribution is 4.90. The number of hydrogen-bond acceptors (Lipinski definition) is 3. The van der Waals surface area contributed by atoms with Crippen LogP contribution in [0.15, 0.2) is 12.4 Å². The highest BCUT2D eigenvalue weighted by Crippen LogP contribution is 1.96. The fourth-order valence-corrected chi connectivity index (χ4v) is 1.02. The topological polar surface area (TPSA) is 33.1 Å². The van der Waals surface area contributed by atoms with E-state index >= 15 is 0 Å². The Hall–Kier alpha value is -0.870. The first kappa shape index (κ1) is 9.22. The summed E-state index contributed by atoms with van der Waals surface area (Å²) in [5.74, 6) is 1.08. The first-order valence-corrected chi connectivity index (χ1v) is 4.15. The van der Waals surface area contributed by atoms with Crippen molar-refractivity contribution in [2.75, 3.05) is 14.1 Å². The van der Waals surface area contributed by atoms with Gasteiger partial charge >= 0.3 is 0 Å². The first-order valence-electron chi connectivity index (χ1n) is 4.15. The lowest BCUT2D eigenvalue weighted by Gasteiger charge is -2.11. The Kier molecular flexibility index (Phi) is 3.25. The molecule has 0 saturated carbocycles. The van der Waals surface area contributed by atoms with E-state index in [1.54, 1.807) is 0 Å². The molecule has 0 amide bonds. The molecule has 1 rings (SSSR count). The standard InChI is InChI=1S/C8H16N4/c1-4-12-6-5-9-8(12)7-10-11(2)3/h5-6,10H,4,7H2,1-3H3. The van der Waals surface area contributed by atoms with Gasteiger partial charge in [-0.3, -0.25) is 5.01 Å². The van der Waals surface area contributed by atoms with Crippen LogP contribution >= 0.6 is 0 Å².